The minimum absolute atomic E-state index is 0.0952. The summed E-state index contributed by atoms with van der Waals surface area (Å²) in [7, 11) is 0. The first-order chi connectivity index (χ1) is 10.2. The molecule has 0 spiro atoms. The maximum absolute atomic E-state index is 12.3. The largest absolute Gasteiger partial charge is 0.391 e. The monoisotopic (exact) mass is 281 g/mol. The van der Waals surface area contributed by atoms with E-state index in [9.17, 15) is 9.90 Å². The minimum atomic E-state index is -0.335. The third-order valence-corrected chi connectivity index (χ3v) is 4.03. The molecule has 1 saturated heterocycles. The van der Waals surface area contributed by atoms with E-state index in [1.54, 1.807) is 16.7 Å². The zero-order valence-corrected chi connectivity index (χ0v) is 11.4. The highest BCUT2D eigenvalue weighted by Gasteiger charge is 2.22. The fourth-order valence-corrected chi connectivity index (χ4v) is 2.93. The smallest absolute Gasteiger partial charge is 0.259 e. The Hall–Kier alpha value is -2.40. The number of aliphatic hydroxyl groups excluding tert-OH is 1. The molecule has 0 bridgehead atoms. The van der Waals surface area contributed by atoms with Crippen molar-refractivity contribution >= 4 is 22.2 Å². The number of pyridine rings is 1. The average Bonchev–Trinajstić information content (AvgIpc) is 2.93. The van der Waals surface area contributed by atoms with Crippen LogP contribution in [0.4, 0.5) is 5.82 Å². The third kappa shape index (κ3) is 1.97. The van der Waals surface area contributed by atoms with Gasteiger partial charge in [-0.2, -0.15) is 0 Å². The third-order valence-electron chi connectivity index (χ3n) is 4.03. The number of benzene rings is 1. The van der Waals surface area contributed by atoms with Crippen LogP contribution >= 0.6 is 0 Å². The fraction of sp³-hybridized carbons (Fsp3) is 0.250. The van der Waals surface area contributed by atoms with Crippen molar-refractivity contribution in [1.29, 1.82) is 0 Å². The second-order valence-corrected chi connectivity index (χ2v) is 5.44. The van der Waals surface area contributed by atoms with Crippen molar-refractivity contribution in [3.05, 3.63) is 52.9 Å². The van der Waals surface area contributed by atoms with Crippen LogP contribution < -0.4 is 10.5 Å². The zero-order chi connectivity index (χ0) is 14.4. The van der Waals surface area contributed by atoms with E-state index < -0.39 is 0 Å². The zero-order valence-electron chi connectivity index (χ0n) is 11.4. The van der Waals surface area contributed by atoms with Gasteiger partial charge in [-0.1, -0.05) is 24.3 Å². The van der Waals surface area contributed by atoms with Gasteiger partial charge < -0.3 is 10.0 Å². The van der Waals surface area contributed by atoms with E-state index in [1.807, 2.05) is 35.2 Å². The van der Waals surface area contributed by atoms with Crippen LogP contribution in [0, 0.1) is 0 Å². The SMILES string of the molecule is O=c1cc(N2CCC(O)C2)nc2c3ccccc3ccn12. The Balaban J connectivity index is 1.99. The number of nitrogens with zero attached hydrogens (tertiary/aromatic N) is 3. The molecule has 5 heteroatoms. The summed E-state index contributed by atoms with van der Waals surface area (Å²) in [4.78, 5) is 18.9. The van der Waals surface area contributed by atoms with Crippen LogP contribution in [-0.4, -0.2) is 33.7 Å². The Kier molecular flexibility index (Phi) is 2.68. The first-order valence-electron chi connectivity index (χ1n) is 7.06. The van der Waals surface area contributed by atoms with Gasteiger partial charge in [-0.05, 0) is 17.9 Å². The molecule has 0 saturated carbocycles. The molecule has 0 radical (unpaired) electrons. The van der Waals surface area contributed by atoms with Gasteiger partial charge in [-0.15, -0.1) is 0 Å². The van der Waals surface area contributed by atoms with Crippen LogP contribution in [-0.2, 0) is 0 Å². The molecule has 1 aliphatic heterocycles. The van der Waals surface area contributed by atoms with Crippen LogP contribution in [0.3, 0.4) is 0 Å². The lowest BCUT2D eigenvalue weighted by Gasteiger charge is -2.17. The fourth-order valence-electron chi connectivity index (χ4n) is 2.93. The number of β-amino-alcohol motifs (C(OH)–C–C–N with tert-alkyl or cyclic N) is 1. The molecule has 2 aromatic heterocycles. The molecular weight excluding hydrogens is 266 g/mol. The summed E-state index contributed by atoms with van der Waals surface area (Å²) in [6.07, 6.45) is 2.14. The van der Waals surface area contributed by atoms with Crippen LogP contribution in [0.25, 0.3) is 16.4 Å². The number of aromatic nitrogens is 2. The molecule has 4 rings (SSSR count). The Morgan fingerprint density at radius 3 is 2.90 bits per heavy atom. The Morgan fingerprint density at radius 1 is 1.24 bits per heavy atom. The highest BCUT2D eigenvalue weighted by Crippen LogP contribution is 2.21. The van der Waals surface area contributed by atoms with E-state index in [-0.39, 0.29) is 11.7 Å². The van der Waals surface area contributed by atoms with Gasteiger partial charge in [-0.3, -0.25) is 9.20 Å². The second-order valence-electron chi connectivity index (χ2n) is 5.44. The number of hydrogen-bond acceptors (Lipinski definition) is 4. The number of fused-ring (bicyclic) bond motifs is 3. The summed E-state index contributed by atoms with van der Waals surface area (Å²) >= 11 is 0. The number of anilines is 1. The van der Waals surface area contributed by atoms with E-state index in [1.165, 1.54) is 0 Å². The second kappa shape index (κ2) is 4.56. The Morgan fingerprint density at radius 2 is 2.10 bits per heavy atom. The van der Waals surface area contributed by atoms with Crippen molar-refractivity contribution in [2.75, 3.05) is 18.0 Å². The Labute approximate surface area is 121 Å². The minimum Gasteiger partial charge on any atom is -0.391 e. The molecule has 5 nitrogen and oxygen atoms in total. The molecule has 0 amide bonds. The van der Waals surface area contributed by atoms with Crippen molar-refractivity contribution in [1.82, 2.24) is 9.38 Å². The van der Waals surface area contributed by atoms with Gasteiger partial charge in [-0.25, -0.2) is 4.98 Å². The molecule has 1 unspecified atom stereocenters. The molecule has 3 aromatic rings. The first-order valence-corrected chi connectivity index (χ1v) is 7.06. The molecule has 0 aliphatic carbocycles. The average molecular weight is 281 g/mol. The Bertz CT molecular complexity index is 887. The number of rotatable bonds is 1. The lowest BCUT2D eigenvalue weighted by atomic mass is 10.2. The summed E-state index contributed by atoms with van der Waals surface area (Å²) in [6.45, 7) is 1.27. The van der Waals surface area contributed by atoms with E-state index >= 15 is 0 Å². The van der Waals surface area contributed by atoms with Crippen LogP contribution in [0.2, 0.25) is 0 Å². The summed E-state index contributed by atoms with van der Waals surface area (Å²) in [5, 5.41) is 11.7. The molecule has 3 heterocycles. The van der Waals surface area contributed by atoms with Crippen LogP contribution in [0.5, 0.6) is 0 Å². The molecule has 1 N–H and O–H groups in total. The maximum Gasteiger partial charge on any atom is 0.259 e. The highest BCUT2D eigenvalue weighted by atomic mass is 16.3. The van der Waals surface area contributed by atoms with E-state index in [0.717, 1.165) is 23.7 Å². The molecule has 1 fully saturated rings. The van der Waals surface area contributed by atoms with Crippen molar-refractivity contribution < 1.29 is 5.11 Å². The summed E-state index contributed by atoms with van der Waals surface area (Å²) in [6, 6.07) is 11.4. The molecule has 1 atom stereocenters. The predicted octanol–water partition coefficient (Wildman–Crippen LogP) is 1.42. The number of aliphatic hydroxyl groups is 1. The normalized spacial score (nSPS) is 18.7. The lowest BCUT2D eigenvalue weighted by molar-refractivity contribution is 0.198. The van der Waals surface area contributed by atoms with E-state index in [2.05, 4.69) is 4.98 Å². The summed E-state index contributed by atoms with van der Waals surface area (Å²) < 4.78 is 1.57. The predicted molar refractivity (Wildman–Crippen MR) is 81.8 cm³/mol. The lowest BCUT2D eigenvalue weighted by Crippen LogP contribution is -2.25. The van der Waals surface area contributed by atoms with Crippen LogP contribution in [0.1, 0.15) is 6.42 Å². The molecule has 106 valence electrons. The summed E-state index contributed by atoms with van der Waals surface area (Å²) in [5.74, 6) is 0.646. The van der Waals surface area contributed by atoms with Gasteiger partial charge in [0.2, 0.25) is 0 Å². The van der Waals surface area contributed by atoms with Crippen molar-refractivity contribution in [2.45, 2.75) is 12.5 Å². The quantitative estimate of drug-likeness (QED) is 0.685. The highest BCUT2D eigenvalue weighted by molar-refractivity contribution is 5.94. The van der Waals surface area contributed by atoms with Gasteiger partial charge in [0.25, 0.3) is 5.56 Å². The molecular formula is C16H15N3O2. The van der Waals surface area contributed by atoms with Crippen molar-refractivity contribution in [3.8, 4) is 0 Å². The van der Waals surface area contributed by atoms with Gasteiger partial charge in [0.05, 0.1) is 6.10 Å². The topological polar surface area (TPSA) is 57.8 Å². The van der Waals surface area contributed by atoms with Gasteiger partial charge in [0.15, 0.2) is 0 Å². The first kappa shape index (κ1) is 12.3. The van der Waals surface area contributed by atoms with Gasteiger partial charge in [0.1, 0.15) is 11.5 Å². The summed E-state index contributed by atoms with van der Waals surface area (Å²) in [5.41, 5.74) is 0.569. The van der Waals surface area contributed by atoms with Crippen molar-refractivity contribution in [2.24, 2.45) is 0 Å². The molecule has 21 heavy (non-hydrogen) atoms. The molecule has 1 aromatic carbocycles. The number of hydrogen-bond donors (Lipinski definition) is 1. The van der Waals surface area contributed by atoms with Crippen molar-refractivity contribution in [3.63, 3.8) is 0 Å². The van der Waals surface area contributed by atoms with E-state index in [4.69, 9.17) is 0 Å². The van der Waals surface area contributed by atoms with Gasteiger partial charge >= 0.3 is 0 Å². The molecule has 1 aliphatic rings. The van der Waals surface area contributed by atoms with Gasteiger partial charge in [0, 0.05) is 30.7 Å². The van der Waals surface area contributed by atoms with Crippen LogP contribution in [0.15, 0.2) is 47.4 Å². The maximum atomic E-state index is 12.3. The van der Waals surface area contributed by atoms with E-state index in [0.29, 0.717) is 18.0 Å². The standard InChI is InChI=1S/C16H15N3O2/c20-12-6-7-18(10-12)14-9-15(21)19-8-5-11-3-1-2-4-13(11)16(19)17-14/h1-5,8-9,12,20H,6-7,10H2.